The van der Waals surface area contributed by atoms with Gasteiger partial charge in [0.2, 0.25) is 0 Å². The van der Waals surface area contributed by atoms with Crippen molar-refractivity contribution in [1.82, 2.24) is 20.1 Å². The van der Waals surface area contributed by atoms with Crippen LogP contribution in [-0.2, 0) is 15.9 Å². The SMILES string of the molecule is CN1CC2(CCCNCCCc3cccc(n3)C1=O)CN(C(=O)OC(C)(C)C)CCO2. The molecule has 2 bridgehead atoms. The van der Waals surface area contributed by atoms with Crippen molar-refractivity contribution in [3.63, 3.8) is 0 Å². The van der Waals surface area contributed by atoms with E-state index in [1.807, 2.05) is 32.9 Å². The van der Waals surface area contributed by atoms with Gasteiger partial charge in [0.05, 0.1) is 19.7 Å². The van der Waals surface area contributed by atoms with E-state index in [0.717, 1.165) is 44.5 Å². The van der Waals surface area contributed by atoms with Gasteiger partial charge in [-0.25, -0.2) is 9.78 Å². The van der Waals surface area contributed by atoms with Crippen molar-refractivity contribution < 1.29 is 19.1 Å². The van der Waals surface area contributed by atoms with Crippen LogP contribution in [0.1, 0.15) is 56.2 Å². The maximum absolute atomic E-state index is 13.1. The molecule has 2 aliphatic rings. The molecule has 31 heavy (non-hydrogen) atoms. The summed E-state index contributed by atoms with van der Waals surface area (Å²) in [7, 11) is 1.78. The zero-order valence-corrected chi connectivity index (χ0v) is 19.3. The summed E-state index contributed by atoms with van der Waals surface area (Å²) in [5, 5.41) is 3.49. The van der Waals surface area contributed by atoms with Crippen LogP contribution in [0.3, 0.4) is 0 Å². The number of morpholine rings is 1. The summed E-state index contributed by atoms with van der Waals surface area (Å²) < 4.78 is 11.8. The quantitative estimate of drug-likeness (QED) is 0.678. The topological polar surface area (TPSA) is 84.0 Å². The molecule has 0 saturated carbocycles. The van der Waals surface area contributed by atoms with Crippen LogP contribution in [0.4, 0.5) is 4.79 Å². The lowest BCUT2D eigenvalue weighted by Crippen LogP contribution is -2.59. The van der Waals surface area contributed by atoms with Gasteiger partial charge in [0.25, 0.3) is 5.91 Å². The van der Waals surface area contributed by atoms with Crippen LogP contribution in [0.25, 0.3) is 0 Å². The number of likely N-dealkylation sites (N-methyl/N-ethyl adjacent to an activating group) is 1. The Morgan fingerprint density at radius 3 is 2.77 bits per heavy atom. The molecule has 172 valence electrons. The van der Waals surface area contributed by atoms with E-state index >= 15 is 0 Å². The minimum absolute atomic E-state index is 0.130. The Kier molecular flexibility index (Phi) is 7.54. The Hall–Kier alpha value is -2.19. The van der Waals surface area contributed by atoms with Crippen molar-refractivity contribution in [2.45, 2.75) is 57.7 Å². The zero-order chi connectivity index (χ0) is 22.5. The van der Waals surface area contributed by atoms with Gasteiger partial charge in [-0.15, -0.1) is 0 Å². The van der Waals surface area contributed by atoms with Gasteiger partial charge in [-0.3, -0.25) is 4.79 Å². The molecule has 0 radical (unpaired) electrons. The number of carbonyl (C=O) groups is 2. The number of aryl methyl sites for hydroxylation is 1. The molecule has 8 heteroatoms. The molecule has 3 rings (SSSR count). The summed E-state index contributed by atoms with van der Waals surface area (Å²) in [5.74, 6) is -0.130. The first-order valence-corrected chi connectivity index (χ1v) is 11.2. The number of fused-ring (bicyclic) bond motifs is 2. The normalized spacial score (nSPS) is 24.1. The number of hydrogen-bond acceptors (Lipinski definition) is 6. The third kappa shape index (κ3) is 6.64. The van der Waals surface area contributed by atoms with Crippen LogP contribution in [0.5, 0.6) is 0 Å². The third-order valence-electron chi connectivity index (χ3n) is 5.57. The number of amides is 2. The average molecular weight is 433 g/mol. The van der Waals surface area contributed by atoms with E-state index in [1.54, 1.807) is 22.9 Å². The highest BCUT2D eigenvalue weighted by molar-refractivity contribution is 5.92. The fourth-order valence-corrected chi connectivity index (χ4v) is 4.15. The first-order valence-electron chi connectivity index (χ1n) is 11.2. The van der Waals surface area contributed by atoms with Gasteiger partial charge in [0.15, 0.2) is 0 Å². The second kappa shape index (κ2) is 9.96. The van der Waals surface area contributed by atoms with Gasteiger partial charge in [-0.1, -0.05) is 6.07 Å². The molecule has 1 aromatic rings. The summed E-state index contributed by atoms with van der Waals surface area (Å²) >= 11 is 0. The molecule has 1 saturated heterocycles. The fraction of sp³-hybridized carbons (Fsp3) is 0.696. The van der Waals surface area contributed by atoms with Crippen LogP contribution in [0.2, 0.25) is 0 Å². The minimum atomic E-state index is -0.636. The van der Waals surface area contributed by atoms with Gasteiger partial charge >= 0.3 is 6.09 Å². The van der Waals surface area contributed by atoms with Crippen molar-refractivity contribution in [3.05, 3.63) is 29.6 Å². The highest BCUT2D eigenvalue weighted by Gasteiger charge is 2.41. The first-order chi connectivity index (χ1) is 14.7. The van der Waals surface area contributed by atoms with Gasteiger partial charge < -0.3 is 24.6 Å². The van der Waals surface area contributed by atoms with E-state index in [2.05, 4.69) is 10.3 Å². The molecule has 1 aromatic heterocycles. The van der Waals surface area contributed by atoms with Gasteiger partial charge in [-0.2, -0.15) is 0 Å². The lowest BCUT2D eigenvalue weighted by Gasteiger charge is -2.44. The molecule has 3 heterocycles. The van der Waals surface area contributed by atoms with E-state index in [0.29, 0.717) is 31.9 Å². The Morgan fingerprint density at radius 1 is 1.23 bits per heavy atom. The van der Waals surface area contributed by atoms with Crippen molar-refractivity contribution >= 4 is 12.0 Å². The number of carbonyl (C=O) groups excluding carboxylic acids is 2. The molecule has 1 spiro atoms. The predicted molar refractivity (Wildman–Crippen MR) is 118 cm³/mol. The number of pyridine rings is 1. The number of nitrogens with zero attached hydrogens (tertiary/aromatic N) is 3. The smallest absolute Gasteiger partial charge is 0.410 e. The van der Waals surface area contributed by atoms with Crippen molar-refractivity contribution in [2.24, 2.45) is 0 Å². The van der Waals surface area contributed by atoms with Crippen LogP contribution in [0, 0.1) is 0 Å². The number of rotatable bonds is 0. The van der Waals surface area contributed by atoms with Crippen LogP contribution in [0.15, 0.2) is 18.2 Å². The molecule has 2 amide bonds. The van der Waals surface area contributed by atoms with E-state index in [1.165, 1.54) is 0 Å². The van der Waals surface area contributed by atoms with Gasteiger partial charge in [0, 0.05) is 19.3 Å². The molecular weight excluding hydrogens is 396 g/mol. The van der Waals surface area contributed by atoms with E-state index in [-0.39, 0.29) is 12.0 Å². The van der Waals surface area contributed by atoms with E-state index < -0.39 is 11.2 Å². The summed E-state index contributed by atoms with van der Waals surface area (Å²) in [6, 6.07) is 5.61. The van der Waals surface area contributed by atoms with Crippen molar-refractivity contribution in [1.29, 1.82) is 0 Å². The maximum atomic E-state index is 13.1. The Balaban J connectivity index is 1.80. The second-order valence-electron chi connectivity index (χ2n) is 9.57. The molecular formula is C23H36N4O4. The standard InChI is InChI=1S/C23H36N4O4/c1-22(2,3)31-21(29)27-14-15-30-23(17-27)11-7-13-24-12-6-9-18-8-5-10-19(25-18)20(28)26(4)16-23/h5,8,10,24H,6-7,9,11-17H2,1-4H3. The third-order valence-corrected chi connectivity index (χ3v) is 5.57. The largest absolute Gasteiger partial charge is 0.444 e. The number of aromatic nitrogens is 1. The number of nitrogens with one attached hydrogen (secondary N) is 1. The molecule has 2 aliphatic heterocycles. The molecule has 8 nitrogen and oxygen atoms in total. The highest BCUT2D eigenvalue weighted by atomic mass is 16.6. The predicted octanol–water partition coefficient (Wildman–Crippen LogP) is 2.48. The molecule has 1 atom stereocenters. The fourth-order valence-electron chi connectivity index (χ4n) is 4.15. The molecule has 0 aliphatic carbocycles. The van der Waals surface area contributed by atoms with Crippen LogP contribution < -0.4 is 5.32 Å². The van der Waals surface area contributed by atoms with E-state index in [4.69, 9.17) is 9.47 Å². The van der Waals surface area contributed by atoms with Crippen molar-refractivity contribution in [3.8, 4) is 0 Å². The van der Waals surface area contributed by atoms with Gasteiger partial charge in [-0.05, 0) is 71.7 Å². The monoisotopic (exact) mass is 432 g/mol. The lowest BCUT2D eigenvalue weighted by molar-refractivity contribution is -0.120. The minimum Gasteiger partial charge on any atom is -0.444 e. The average Bonchev–Trinajstić information content (AvgIpc) is 2.71. The molecule has 1 fully saturated rings. The zero-order valence-electron chi connectivity index (χ0n) is 19.3. The number of hydrogen-bond donors (Lipinski definition) is 1. The lowest BCUT2D eigenvalue weighted by atomic mass is 9.94. The van der Waals surface area contributed by atoms with Gasteiger partial charge in [0.1, 0.15) is 16.9 Å². The summed E-state index contributed by atoms with van der Waals surface area (Å²) in [4.78, 5) is 33.8. The highest BCUT2D eigenvalue weighted by Crippen LogP contribution is 2.27. The van der Waals surface area contributed by atoms with Crippen molar-refractivity contribution in [2.75, 3.05) is 46.4 Å². The van der Waals surface area contributed by atoms with Crippen LogP contribution in [-0.4, -0.2) is 84.4 Å². The molecule has 1 unspecified atom stereocenters. The molecule has 0 aromatic carbocycles. The Labute approximate surface area is 185 Å². The number of ether oxygens (including phenoxy) is 2. The molecule has 1 N–H and O–H groups in total. The first kappa shape index (κ1) is 23.5. The second-order valence-corrected chi connectivity index (χ2v) is 9.57. The van der Waals surface area contributed by atoms with E-state index in [9.17, 15) is 9.59 Å². The summed E-state index contributed by atoms with van der Waals surface area (Å²) in [5.41, 5.74) is 0.181. The Bertz CT molecular complexity index is 779. The summed E-state index contributed by atoms with van der Waals surface area (Å²) in [6.07, 6.45) is 3.11. The summed E-state index contributed by atoms with van der Waals surface area (Å²) in [6.45, 7) is 9.04. The Morgan fingerprint density at radius 2 is 2.00 bits per heavy atom. The maximum Gasteiger partial charge on any atom is 0.410 e. The van der Waals surface area contributed by atoms with Crippen LogP contribution >= 0.6 is 0 Å².